The van der Waals surface area contributed by atoms with Crippen molar-refractivity contribution >= 4 is 23.2 Å². The van der Waals surface area contributed by atoms with Crippen LogP contribution in [0.2, 0.25) is 5.15 Å². The molecule has 0 aliphatic carbocycles. The minimum Gasteiger partial charge on any atom is -0.397 e. The van der Waals surface area contributed by atoms with Gasteiger partial charge in [0.1, 0.15) is 5.15 Å². The molecule has 0 aliphatic heterocycles. The molecule has 94 valence electrons. The van der Waals surface area contributed by atoms with Crippen LogP contribution in [0.25, 0.3) is 0 Å². The number of nitrogens with one attached hydrogen (secondary N) is 1. The van der Waals surface area contributed by atoms with Crippen molar-refractivity contribution in [2.75, 3.05) is 12.3 Å². The monoisotopic (exact) mass is 257 g/mol. The summed E-state index contributed by atoms with van der Waals surface area (Å²) in [6.07, 6.45) is 0.786. The molecule has 1 amide bonds. The van der Waals surface area contributed by atoms with Crippen molar-refractivity contribution in [1.82, 2.24) is 10.3 Å². The van der Waals surface area contributed by atoms with Gasteiger partial charge < -0.3 is 16.2 Å². The van der Waals surface area contributed by atoms with Crippen molar-refractivity contribution in [2.24, 2.45) is 5.92 Å². The fourth-order valence-electron chi connectivity index (χ4n) is 1.15. The highest BCUT2D eigenvalue weighted by Crippen LogP contribution is 2.15. The van der Waals surface area contributed by atoms with E-state index in [1.54, 1.807) is 0 Å². The highest BCUT2D eigenvalue weighted by molar-refractivity contribution is 6.32. The largest absolute Gasteiger partial charge is 0.397 e. The number of hydrogen-bond donors (Lipinski definition) is 3. The van der Waals surface area contributed by atoms with E-state index >= 15 is 0 Å². The molecule has 1 aromatic rings. The SMILES string of the molecule is CC(C)C(O)CNC(=O)c1cc(N)cnc1Cl. The number of rotatable bonds is 4. The van der Waals surface area contributed by atoms with Gasteiger partial charge in [0.2, 0.25) is 0 Å². The average molecular weight is 258 g/mol. The topological polar surface area (TPSA) is 88.2 Å². The van der Waals surface area contributed by atoms with Crippen LogP contribution in [0.3, 0.4) is 0 Å². The van der Waals surface area contributed by atoms with Gasteiger partial charge in [-0.25, -0.2) is 4.98 Å². The molecular formula is C11H16ClN3O2. The van der Waals surface area contributed by atoms with E-state index in [9.17, 15) is 9.90 Å². The first kappa shape index (κ1) is 13.7. The van der Waals surface area contributed by atoms with Crippen LogP contribution in [0.5, 0.6) is 0 Å². The normalized spacial score (nSPS) is 12.5. The molecule has 0 bridgehead atoms. The molecule has 0 radical (unpaired) electrons. The molecule has 1 unspecified atom stereocenters. The molecule has 5 nitrogen and oxygen atoms in total. The zero-order chi connectivity index (χ0) is 13.0. The Morgan fingerprint density at radius 3 is 2.88 bits per heavy atom. The number of carbonyl (C=O) groups is 1. The average Bonchev–Trinajstić information content (AvgIpc) is 2.28. The Morgan fingerprint density at radius 1 is 1.65 bits per heavy atom. The van der Waals surface area contributed by atoms with Gasteiger partial charge in [-0.3, -0.25) is 4.79 Å². The van der Waals surface area contributed by atoms with Crippen LogP contribution in [0.1, 0.15) is 24.2 Å². The van der Waals surface area contributed by atoms with E-state index in [1.165, 1.54) is 12.3 Å². The van der Waals surface area contributed by atoms with Crippen LogP contribution >= 0.6 is 11.6 Å². The molecule has 0 spiro atoms. The van der Waals surface area contributed by atoms with Gasteiger partial charge in [-0.2, -0.15) is 0 Å². The summed E-state index contributed by atoms with van der Waals surface area (Å²) in [6.45, 7) is 3.90. The Labute approximate surface area is 105 Å². The minimum atomic E-state index is -0.591. The molecule has 1 aromatic heterocycles. The summed E-state index contributed by atoms with van der Waals surface area (Å²) in [5.41, 5.74) is 6.09. The Bertz CT molecular complexity index is 410. The lowest BCUT2D eigenvalue weighted by Crippen LogP contribution is -2.34. The van der Waals surface area contributed by atoms with E-state index in [-0.39, 0.29) is 23.2 Å². The van der Waals surface area contributed by atoms with E-state index in [1.807, 2.05) is 13.8 Å². The van der Waals surface area contributed by atoms with Crippen LogP contribution in [0.4, 0.5) is 5.69 Å². The van der Waals surface area contributed by atoms with Crippen molar-refractivity contribution in [1.29, 1.82) is 0 Å². The maximum atomic E-state index is 11.7. The second kappa shape index (κ2) is 5.84. The molecule has 0 aromatic carbocycles. The third kappa shape index (κ3) is 3.87. The van der Waals surface area contributed by atoms with Crippen LogP contribution < -0.4 is 11.1 Å². The van der Waals surface area contributed by atoms with Crippen LogP contribution in [0.15, 0.2) is 12.3 Å². The van der Waals surface area contributed by atoms with Gasteiger partial charge in [0.15, 0.2) is 0 Å². The van der Waals surface area contributed by atoms with Gasteiger partial charge in [-0.1, -0.05) is 25.4 Å². The number of anilines is 1. The van der Waals surface area contributed by atoms with E-state index < -0.39 is 12.0 Å². The summed E-state index contributed by atoms with van der Waals surface area (Å²) >= 11 is 5.78. The molecule has 4 N–H and O–H groups in total. The molecule has 0 fully saturated rings. The second-order valence-corrected chi connectivity index (χ2v) is 4.49. The predicted octanol–water partition coefficient (Wildman–Crippen LogP) is 1.06. The van der Waals surface area contributed by atoms with E-state index in [4.69, 9.17) is 17.3 Å². The molecular weight excluding hydrogens is 242 g/mol. The highest BCUT2D eigenvalue weighted by Gasteiger charge is 2.14. The first-order valence-electron chi connectivity index (χ1n) is 5.29. The van der Waals surface area contributed by atoms with Gasteiger partial charge in [0, 0.05) is 6.54 Å². The smallest absolute Gasteiger partial charge is 0.254 e. The number of aliphatic hydroxyl groups is 1. The number of aliphatic hydroxyl groups excluding tert-OH is 1. The molecule has 0 saturated heterocycles. The van der Waals surface area contributed by atoms with Crippen LogP contribution in [-0.4, -0.2) is 28.6 Å². The summed E-state index contributed by atoms with van der Waals surface area (Å²) in [5.74, 6) is -0.320. The number of carbonyl (C=O) groups excluding carboxylic acids is 1. The standard InChI is InChI=1S/C11H16ClN3O2/c1-6(2)9(16)5-15-11(17)8-3-7(13)4-14-10(8)12/h3-4,6,9,16H,5,13H2,1-2H3,(H,15,17). The maximum Gasteiger partial charge on any atom is 0.254 e. The lowest BCUT2D eigenvalue weighted by atomic mass is 10.1. The number of hydrogen-bond acceptors (Lipinski definition) is 4. The van der Waals surface area contributed by atoms with Crippen LogP contribution in [-0.2, 0) is 0 Å². The number of aromatic nitrogens is 1. The van der Waals surface area contributed by atoms with Gasteiger partial charge in [0.25, 0.3) is 5.91 Å². The van der Waals surface area contributed by atoms with Crippen molar-refractivity contribution in [3.05, 3.63) is 23.0 Å². The number of pyridine rings is 1. The summed E-state index contributed by atoms with van der Waals surface area (Å²) in [5, 5.41) is 12.2. The number of nitrogens with two attached hydrogens (primary N) is 1. The molecule has 6 heteroatoms. The number of amides is 1. The molecule has 0 aliphatic rings. The van der Waals surface area contributed by atoms with E-state index in [0.29, 0.717) is 5.69 Å². The predicted molar refractivity (Wildman–Crippen MR) is 66.8 cm³/mol. The Kier molecular flexibility index (Phi) is 4.72. The van der Waals surface area contributed by atoms with Gasteiger partial charge in [0.05, 0.1) is 23.6 Å². The summed E-state index contributed by atoms with van der Waals surface area (Å²) < 4.78 is 0. The first-order valence-corrected chi connectivity index (χ1v) is 5.67. The zero-order valence-electron chi connectivity index (χ0n) is 9.77. The van der Waals surface area contributed by atoms with Gasteiger partial charge in [-0.15, -0.1) is 0 Å². The molecule has 17 heavy (non-hydrogen) atoms. The zero-order valence-corrected chi connectivity index (χ0v) is 10.5. The Hall–Kier alpha value is -1.33. The van der Waals surface area contributed by atoms with Crippen molar-refractivity contribution in [3.8, 4) is 0 Å². The van der Waals surface area contributed by atoms with Crippen molar-refractivity contribution < 1.29 is 9.90 Å². The lowest BCUT2D eigenvalue weighted by Gasteiger charge is -2.15. The molecule has 1 atom stereocenters. The van der Waals surface area contributed by atoms with E-state index in [2.05, 4.69) is 10.3 Å². The third-order valence-electron chi connectivity index (χ3n) is 2.35. The van der Waals surface area contributed by atoms with Crippen molar-refractivity contribution in [2.45, 2.75) is 20.0 Å². The summed E-state index contributed by atoms with van der Waals surface area (Å²) in [7, 11) is 0. The Balaban J connectivity index is 2.67. The third-order valence-corrected chi connectivity index (χ3v) is 2.65. The van der Waals surface area contributed by atoms with Gasteiger partial charge >= 0.3 is 0 Å². The maximum absolute atomic E-state index is 11.7. The minimum absolute atomic E-state index is 0.0738. The lowest BCUT2D eigenvalue weighted by molar-refractivity contribution is 0.0871. The number of nitrogens with zero attached hydrogens (tertiary/aromatic N) is 1. The number of nitrogen functional groups attached to an aromatic ring is 1. The number of halogens is 1. The van der Waals surface area contributed by atoms with Gasteiger partial charge in [-0.05, 0) is 12.0 Å². The first-order chi connectivity index (χ1) is 7.91. The summed E-state index contributed by atoms with van der Waals surface area (Å²) in [4.78, 5) is 15.5. The molecule has 0 saturated carbocycles. The quantitative estimate of drug-likeness (QED) is 0.704. The highest BCUT2D eigenvalue weighted by atomic mass is 35.5. The molecule has 1 rings (SSSR count). The van der Waals surface area contributed by atoms with Crippen LogP contribution in [0, 0.1) is 5.92 Å². The second-order valence-electron chi connectivity index (χ2n) is 4.13. The summed E-state index contributed by atoms with van der Waals surface area (Å²) in [6, 6.07) is 1.45. The molecule has 1 heterocycles. The fourth-order valence-corrected chi connectivity index (χ4v) is 1.34. The Morgan fingerprint density at radius 2 is 2.29 bits per heavy atom. The fraction of sp³-hybridized carbons (Fsp3) is 0.455. The van der Waals surface area contributed by atoms with Crippen molar-refractivity contribution in [3.63, 3.8) is 0 Å². The van der Waals surface area contributed by atoms with E-state index in [0.717, 1.165) is 0 Å².